The monoisotopic (exact) mass is 206 g/mol. The van der Waals surface area contributed by atoms with E-state index in [1.54, 1.807) is 0 Å². The minimum Gasteiger partial charge on any atom is -0.396 e. The maximum Gasteiger partial charge on any atom is 0.150 e. The summed E-state index contributed by atoms with van der Waals surface area (Å²) in [6.45, 7) is -0.0239. The summed E-state index contributed by atoms with van der Waals surface area (Å²) >= 11 is 0. The van der Waals surface area contributed by atoms with Gasteiger partial charge in [0, 0.05) is 6.61 Å². The van der Waals surface area contributed by atoms with E-state index < -0.39 is 9.84 Å². The van der Waals surface area contributed by atoms with Gasteiger partial charge in [-0.2, -0.15) is 0 Å². The van der Waals surface area contributed by atoms with Crippen LogP contribution in [0.1, 0.15) is 32.1 Å². The van der Waals surface area contributed by atoms with E-state index in [9.17, 15) is 8.42 Å². The van der Waals surface area contributed by atoms with Crippen molar-refractivity contribution in [3.8, 4) is 0 Å². The smallest absolute Gasteiger partial charge is 0.150 e. The van der Waals surface area contributed by atoms with E-state index >= 15 is 0 Å². The zero-order valence-electron chi connectivity index (χ0n) is 7.91. The average Bonchev–Trinajstić information content (AvgIpc) is 2.52. The molecule has 1 N–H and O–H groups in total. The third-order valence-corrected chi connectivity index (χ3v) is 4.47. The normalized spacial score (nSPS) is 19.5. The zero-order chi connectivity index (χ0) is 9.73. The van der Waals surface area contributed by atoms with Crippen molar-refractivity contribution in [2.24, 2.45) is 5.92 Å². The molecule has 0 saturated heterocycles. The minimum absolute atomic E-state index is 0.0239. The van der Waals surface area contributed by atoms with Gasteiger partial charge in [-0.25, -0.2) is 8.42 Å². The van der Waals surface area contributed by atoms with Crippen LogP contribution in [0, 0.1) is 5.92 Å². The predicted molar refractivity (Wildman–Crippen MR) is 52.3 cm³/mol. The summed E-state index contributed by atoms with van der Waals surface area (Å²) in [7, 11) is -2.89. The molecule has 1 aliphatic rings. The highest BCUT2D eigenvalue weighted by Gasteiger charge is 2.21. The van der Waals surface area contributed by atoms with Gasteiger partial charge in [0.05, 0.1) is 11.5 Å². The maximum atomic E-state index is 11.4. The summed E-state index contributed by atoms with van der Waals surface area (Å²) in [5, 5.41) is 8.53. The minimum atomic E-state index is -2.89. The van der Waals surface area contributed by atoms with E-state index in [1.165, 1.54) is 12.8 Å². The van der Waals surface area contributed by atoms with Crippen LogP contribution in [0.15, 0.2) is 0 Å². The molecule has 4 heteroatoms. The Morgan fingerprint density at radius 2 is 1.85 bits per heavy atom. The van der Waals surface area contributed by atoms with Crippen molar-refractivity contribution in [2.45, 2.75) is 32.1 Å². The molecule has 78 valence electrons. The van der Waals surface area contributed by atoms with Gasteiger partial charge in [-0.05, 0) is 25.2 Å². The lowest BCUT2D eigenvalue weighted by Crippen LogP contribution is -2.17. The van der Waals surface area contributed by atoms with Crippen LogP contribution in [-0.4, -0.2) is 31.6 Å². The van der Waals surface area contributed by atoms with Crippen LogP contribution in [0.2, 0.25) is 0 Å². The fourth-order valence-electron chi connectivity index (χ4n) is 1.90. The first kappa shape index (κ1) is 11.0. The lowest BCUT2D eigenvalue weighted by molar-refractivity contribution is 0.295. The summed E-state index contributed by atoms with van der Waals surface area (Å²) < 4.78 is 22.9. The first-order valence-corrected chi connectivity index (χ1v) is 6.77. The molecule has 0 bridgehead atoms. The van der Waals surface area contributed by atoms with Crippen molar-refractivity contribution < 1.29 is 13.5 Å². The summed E-state index contributed by atoms with van der Waals surface area (Å²) in [6.07, 6.45) is 4.88. The van der Waals surface area contributed by atoms with Crippen molar-refractivity contribution >= 4 is 9.84 Å². The Bertz CT molecular complexity index is 227. The van der Waals surface area contributed by atoms with Gasteiger partial charge >= 0.3 is 0 Å². The highest BCUT2D eigenvalue weighted by atomic mass is 32.2. The third kappa shape index (κ3) is 4.09. The second-order valence-electron chi connectivity index (χ2n) is 3.84. The van der Waals surface area contributed by atoms with Gasteiger partial charge in [-0.1, -0.05) is 12.8 Å². The van der Waals surface area contributed by atoms with Gasteiger partial charge in [0.1, 0.15) is 0 Å². The lowest BCUT2D eigenvalue weighted by atomic mass is 10.1. The first-order valence-electron chi connectivity index (χ1n) is 4.95. The summed E-state index contributed by atoms with van der Waals surface area (Å²) in [6, 6.07) is 0. The number of rotatable bonds is 5. The van der Waals surface area contributed by atoms with Crippen LogP contribution < -0.4 is 0 Å². The van der Waals surface area contributed by atoms with E-state index in [-0.39, 0.29) is 12.4 Å². The molecule has 0 atom stereocenters. The molecular formula is C9H18O3S. The maximum absolute atomic E-state index is 11.4. The van der Waals surface area contributed by atoms with Crippen LogP contribution in [0.25, 0.3) is 0 Å². The van der Waals surface area contributed by atoms with Crippen molar-refractivity contribution in [1.29, 1.82) is 0 Å². The Morgan fingerprint density at radius 3 is 2.38 bits per heavy atom. The molecule has 1 saturated carbocycles. The molecule has 0 unspecified atom stereocenters. The molecule has 0 amide bonds. The molecule has 1 aliphatic carbocycles. The molecule has 0 radical (unpaired) electrons. The Labute approximate surface area is 80.1 Å². The van der Waals surface area contributed by atoms with Gasteiger partial charge in [0.2, 0.25) is 0 Å². The number of hydrogen-bond acceptors (Lipinski definition) is 3. The molecular weight excluding hydrogens is 188 g/mol. The summed E-state index contributed by atoms with van der Waals surface area (Å²) in [5.74, 6) is 0.885. The predicted octanol–water partition coefficient (Wildman–Crippen LogP) is 0.974. The van der Waals surface area contributed by atoms with Gasteiger partial charge in [0.15, 0.2) is 9.84 Å². The highest BCUT2D eigenvalue weighted by Crippen LogP contribution is 2.26. The van der Waals surface area contributed by atoms with E-state index in [4.69, 9.17) is 5.11 Å². The van der Waals surface area contributed by atoms with E-state index in [0.717, 1.165) is 12.8 Å². The van der Waals surface area contributed by atoms with Crippen molar-refractivity contribution in [2.75, 3.05) is 18.1 Å². The molecule has 0 spiro atoms. The van der Waals surface area contributed by atoms with Crippen molar-refractivity contribution in [1.82, 2.24) is 0 Å². The summed E-state index contributed by atoms with van der Waals surface area (Å²) in [4.78, 5) is 0. The molecule has 13 heavy (non-hydrogen) atoms. The quantitative estimate of drug-likeness (QED) is 0.729. The molecule has 0 heterocycles. The Balaban J connectivity index is 2.32. The SMILES string of the molecule is O=S(=O)(CCCO)CC1CCCC1. The Hall–Kier alpha value is -0.0900. The van der Waals surface area contributed by atoms with Crippen LogP contribution >= 0.6 is 0 Å². The fourth-order valence-corrected chi connectivity index (χ4v) is 3.69. The lowest BCUT2D eigenvalue weighted by Gasteiger charge is -2.08. The molecule has 0 aromatic carbocycles. The topological polar surface area (TPSA) is 54.4 Å². The average molecular weight is 206 g/mol. The molecule has 0 aliphatic heterocycles. The van der Waals surface area contributed by atoms with Crippen molar-refractivity contribution in [3.63, 3.8) is 0 Å². The van der Waals surface area contributed by atoms with Gasteiger partial charge in [-0.3, -0.25) is 0 Å². The largest absolute Gasteiger partial charge is 0.396 e. The first-order chi connectivity index (χ1) is 6.14. The molecule has 0 aromatic heterocycles. The van der Waals surface area contributed by atoms with Crippen LogP contribution in [0.3, 0.4) is 0 Å². The third-order valence-electron chi connectivity index (χ3n) is 2.58. The molecule has 3 nitrogen and oxygen atoms in total. The zero-order valence-corrected chi connectivity index (χ0v) is 8.72. The van der Waals surface area contributed by atoms with Crippen molar-refractivity contribution in [3.05, 3.63) is 0 Å². The number of aliphatic hydroxyl groups is 1. The van der Waals surface area contributed by atoms with E-state index in [0.29, 0.717) is 18.1 Å². The highest BCUT2D eigenvalue weighted by molar-refractivity contribution is 7.91. The second-order valence-corrected chi connectivity index (χ2v) is 6.07. The second kappa shape index (κ2) is 4.96. The standard InChI is InChI=1S/C9H18O3S/c10-6-3-7-13(11,12)8-9-4-1-2-5-9/h9-10H,1-8H2. The number of aliphatic hydroxyl groups excluding tert-OH is 1. The van der Waals surface area contributed by atoms with Gasteiger partial charge < -0.3 is 5.11 Å². The van der Waals surface area contributed by atoms with Crippen LogP contribution in [0.5, 0.6) is 0 Å². The molecule has 1 rings (SSSR count). The van der Waals surface area contributed by atoms with E-state index in [2.05, 4.69) is 0 Å². The van der Waals surface area contributed by atoms with Crippen LogP contribution in [0.4, 0.5) is 0 Å². The van der Waals surface area contributed by atoms with E-state index in [1.807, 2.05) is 0 Å². The Kier molecular flexibility index (Phi) is 4.19. The fraction of sp³-hybridized carbons (Fsp3) is 1.00. The number of sulfone groups is 1. The molecule has 1 fully saturated rings. The van der Waals surface area contributed by atoms with Gasteiger partial charge in [-0.15, -0.1) is 0 Å². The van der Waals surface area contributed by atoms with Gasteiger partial charge in [0.25, 0.3) is 0 Å². The summed E-state index contributed by atoms with van der Waals surface area (Å²) in [5.41, 5.74) is 0. The Morgan fingerprint density at radius 1 is 1.23 bits per heavy atom. The molecule has 0 aromatic rings. The number of hydrogen-bond donors (Lipinski definition) is 1. The van der Waals surface area contributed by atoms with Crippen LogP contribution in [-0.2, 0) is 9.84 Å².